The van der Waals surface area contributed by atoms with Crippen LogP contribution in [0.15, 0.2) is 24.3 Å². The molecule has 1 rings (SSSR count). The SMILES string of the molecule is CCCCCCCc1ccccc1C(C)=O. The van der Waals surface area contributed by atoms with Crippen LogP contribution >= 0.6 is 0 Å². The van der Waals surface area contributed by atoms with Crippen LogP contribution in [0.3, 0.4) is 0 Å². The molecule has 0 fully saturated rings. The summed E-state index contributed by atoms with van der Waals surface area (Å²) in [5, 5.41) is 0. The molecule has 0 aliphatic rings. The van der Waals surface area contributed by atoms with Gasteiger partial charge in [-0.3, -0.25) is 4.79 Å². The van der Waals surface area contributed by atoms with Crippen molar-refractivity contribution in [2.75, 3.05) is 0 Å². The van der Waals surface area contributed by atoms with Gasteiger partial charge in [-0.25, -0.2) is 0 Å². The third-order valence-electron chi connectivity index (χ3n) is 2.95. The minimum atomic E-state index is 0.184. The molecule has 0 radical (unpaired) electrons. The first kappa shape index (κ1) is 13.0. The summed E-state index contributed by atoms with van der Waals surface area (Å²) in [6, 6.07) is 7.98. The Hall–Kier alpha value is -1.11. The van der Waals surface area contributed by atoms with Gasteiger partial charge in [0.05, 0.1) is 0 Å². The van der Waals surface area contributed by atoms with Gasteiger partial charge >= 0.3 is 0 Å². The van der Waals surface area contributed by atoms with Gasteiger partial charge in [0, 0.05) is 5.56 Å². The van der Waals surface area contributed by atoms with Crippen molar-refractivity contribution < 1.29 is 4.79 Å². The first-order valence-electron chi connectivity index (χ1n) is 6.34. The Balaban J connectivity index is 2.44. The van der Waals surface area contributed by atoms with Gasteiger partial charge in [0.25, 0.3) is 0 Å². The predicted octanol–water partition coefficient (Wildman–Crippen LogP) is 4.40. The topological polar surface area (TPSA) is 17.1 Å². The van der Waals surface area contributed by atoms with Crippen LogP contribution in [0.25, 0.3) is 0 Å². The highest BCUT2D eigenvalue weighted by molar-refractivity contribution is 5.95. The number of hydrogen-bond donors (Lipinski definition) is 0. The lowest BCUT2D eigenvalue weighted by Crippen LogP contribution is -1.99. The number of carbonyl (C=O) groups excluding carboxylic acids is 1. The largest absolute Gasteiger partial charge is 0.295 e. The smallest absolute Gasteiger partial charge is 0.160 e. The summed E-state index contributed by atoms with van der Waals surface area (Å²) in [5.41, 5.74) is 2.12. The number of aryl methyl sites for hydroxylation is 1. The Bertz CT molecular complexity index is 328. The Morgan fingerprint density at radius 2 is 1.75 bits per heavy atom. The fraction of sp³-hybridized carbons (Fsp3) is 0.533. The zero-order valence-electron chi connectivity index (χ0n) is 10.5. The van der Waals surface area contributed by atoms with E-state index >= 15 is 0 Å². The molecule has 1 nitrogen and oxygen atoms in total. The molecule has 0 bridgehead atoms. The van der Waals surface area contributed by atoms with Gasteiger partial charge in [-0.2, -0.15) is 0 Å². The first-order valence-corrected chi connectivity index (χ1v) is 6.34. The molecule has 0 aliphatic carbocycles. The molecular weight excluding hydrogens is 196 g/mol. The fourth-order valence-electron chi connectivity index (χ4n) is 2.00. The van der Waals surface area contributed by atoms with Crippen molar-refractivity contribution in [1.82, 2.24) is 0 Å². The van der Waals surface area contributed by atoms with E-state index in [2.05, 4.69) is 13.0 Å². The van der Waals surface area contributed by atoms with Crippen LogP contribution in [-0.2, 0) is 6.42 Å². The van der Waals surface area contributed by atoms with E-state index in [1.165, 1.54) is 37.7 Å². The summed E-state index contributed by atoms with van der Waals surface area (Å²) < 4.78 is 0. The van der Waals surface area contributed by atoms with E-state index in [9.17, 15) is 4.79 Å². The Kier molecular flexibility index (Phi) is 5.84. The van der Waals surface area contributed by atoms with Crippen molar-refractivity contribution in [1.29, 1.82) is 0 Å². The third-order valence-corrected chi connectivity index (χ3v) is 2.95. The van der Waals surface area contributed by atoms with Crippen molar-refractivity contribution in [2.45, 2.75) is 52.4 Å². The Labute approximate surface area is 98.9 Å². The molecule has 0 aromatic heterocycles. The molecule has 16 heavy (non-hydrogen) atoms. The maximum absolute atomic E-state index is 11.4. The molecule has 88 valence electrons. The predicted molar refractivity (Wildman–Crippen MR) is 68.9 cm³/mol. The normalized spacial score (nSPS) is 10.4. The lowest BCUT2D eigenvalue weighted by atomic mass is 9.99. The van der Waals surface area contributed by atoms with Crippen molar-refractivity contribution >= 4 is 5.78 Å². The molecule has 0 N–H and O–H groups in total. The second kappa shape index (κ2) is 7.21. The van der Waals surface area contributed by atoms with E-state index in [4.69, 9.17) is 0 Å². The molecule has 0 unspecified atom stereocenters. The van der Waals surface area contributed by atoms with Crippen LogP contribution < -0.4 is 0 Å². The maximum atomic E-state index is 11.4. The Morgan fingerprint density at radius 3 is 2.44 bits per heavy atom. The van der Waals surface area contributed by atoms with Crippen molar-refractivity contribution in [2.24, 2.45) is 0 Å². The zero-order valence-corrected chi connectivity index (χ0v) is 10.5. The molecular formula is C15H22O. The average Bonchev–Trinajstić information content (AvgIpc) is 2.29. The van der Waals surface area contributed by atoms with Crippen LogP contribution in [0.5, 0.6) is 0 Å². The van der Waals surface area contributed by atoms with Crippen molar-refractivity contribution in [3.63, 3.8) is 0 Å². The van der Waals surface area contributed by atoms with E-state index in [1.54, 1.807) is 6.92 Å². The summed E-state index contributed by atoms with van der Waals surface area (Å²) in [5.74, 6) is 0.184. The maximum Gasteiger partial charge on any atom is 0.160 e. The Morgan fingerprint density at radius 1 is 1.06 bits per heavy atom. The van der Waals surface area contributed by atoms with Crippen molar-refractivity contribution in [3.05, 3.63) is 35.4 Å². The van der Waals surface area contributed by atoms with Gasteiger partial charge in [-0.15, -0.1) is 0 Å². The number of unbranched alkanes of at least 4 members (excludes halogenated alkanes) is 4. The van der Waals surface area contributed by atoms with Gasteiger partial charge < -0.3 is 0 Å². The minimum Gasteiger partial charge on any atom is -0.295 e. The molecule has 0 atom stereocenters. The van der Waals surface area contributed by atoms with E-state index in [0.29, 0.717) is 0 Å². The highest BCUT2D eigenvalue weighted by atomic mass is 16.1. The third kappa shape index (κ3) is 4.18. The lowest BCUT2D eigenvalue weighted by molar-refractivity contribution is 0.101. The number of rotatable bonds is 7. The average molecular weight is 218 g/mol. The minimum absolute atomic E-state index is 0.184. The number of Topliss-reactive ketones (excluding diaryl/α,β-unsaturated/α-hetero) is 1. The van der Waals surface area contributed by atoms with E-state index < -0.39 is 0 Å². The summed E-state index contributed by atoms with van der Waals surface area (Å²) in [4.78, 5) is 11.4. The molecule has 1 aromatic carbocycles. The molecule has 1 aromatic rings. The quantitative estimate of drug-likeness (QED) is 0.489. The first-order chi connectivity index (χ1) is 7.75. The molecule has 1 heteroatoms. The summed E-state index contributed by atoms with van der Waals surface area (Å²) >= 11 is 0. The van der Waals surface area contributed by atoms with Gasteiger partial charge in [0.1, 0.15) is 0 Å². The van der Waals surface area contributed by atoms with Gasteiger partial charge in [-0.05, 0) is 25.3 Å². The lowest BCUT2D eigenvalue weighted by Gasteiger charge is -2.06. The molecule has 0 amide bonds. The number of hydrogen-bond acceptors (Lipinski definition) is 1. The van der Waals surface area contributed by atoms with Crippen LogP contribution in [0, 0.1) is 0 Å². The van der Waals surface area contributed by atoms with E-state index in [1.807, 2.05) is 18.2 Å². The van der Waals surface area contributed by atoms with Gasteiger partial charge in [0.2, 0.25) is 0 Å². The second-order valence-corrected chi connectivity index (χ2v) is 4.38. The second-order valence-electron chi connectivity index (χ2n) is 4.38. The fourth-order valence-corrected chi connectivity index (χ4v) is 2.00. The monoisotopic (exact) mass is 218 g/mol. The summed E-state index contributed by atoms with van der Waals surface area (Å²) in [6.07, 6.45) is 7.45. The highest BCUT2D eigenvalue weighted by Crippen LogP contribution is 2.14. The van der Waals surface area contributed by atoms with Crippen LogP contribution in [0.1, 0.15) is 61.9 Å². The van der Waals surface area contributed by atoms with Crippen molar-refractivity contribution in [3.8, 4) is 0 Å². The summed E-state index contributed by atoms with van der Waals surface area (Å²) in [6.45, 7) is 3.88. The van der Waals surface area contributed by atoms with E-state index in [-0.39, 0.29) is 5.78 Å². The molecule has 0 spiro atoms. The van der Waals surface area contributed by atoms with Gasteiger partial charge in [-0.1, -0.05) is 56.9 Å². The number of benzene rings is 1. The molecule has 0 aliphatic heterocycles. The van der Waals surface area contributed by atoms with Crippen LogP contribution in [0.4, 0.5) is 0 Å². The zero-order chi connectivity index (χ0) is 11.8. The number of carbonyl (C=O) groups is 1. The molecule has 0 saturated heterocycles. The summed E-state index contributed by atoms with van der Waals surface area (Å²) in [7, 11) is 0. The van der Waals surface area contributed by atoms with Crippen LogP contribution in [0.2, 0.25) is 0 Å². The van der Waals surface area contributed by atoms with E-state index in [0.717, 1.165) is 12.0 Å². The van der Waals surface area contributed by atoms with Gasteiger partial charge in [0.15, 0.2) is 5.78 Å². The van der Waals surface area contributed by atoms with Crippen LogP contribution in [-0.4, -0.2) is 5.78 Å². The number of ketones is 1. The molecule has 0 heterocycles. The molecule has 0 saturated carbocycles. The standard InChI is InChI=1S/C15H22O/c1-3-4-5-6-7-10-14-11-8-9-12-15(14)13(2)16/h8-9,11-12H,3-7,10H2,1-2H3. The highest BCUT2D eigenvalue weighted by Gasteiger charge is 2.05.